The Kier molecular flexibility index (Phi) is 46.4. The summed E-state index contributed by atoms with van der Waals surface area (Å²) in [6, 6.07) is 0. The first-order chi connectivity index (χ1) is 23.3. The maximum atomic E-state index is 12.3. The first-order valence-corrected chi connectivity index (χ1v) is 21.1. The summed E-state index contributed by atoms with van der Waals surface area (Å²) in [4.78, 5) is 46.4. The van der Waals surface area contributed by atoms with Gasteiger partial charge in [-0.3, -0.25) is 9.59 Å². The van der Waals surface area contributed by atoms with Crippen LogP contribution in [0.25, 0.3) is 0 Å². The molecular formula is C39H71Na2O8P. The number of carbonyl (C=O) groups excluding carboxylic acids is 2. The first-order valence-electron chi connectivity index (χ1n) is 19.6. The summed E-state index contributed by atoms with van der Waals surface area (Å²) < 4.78 is 25.8. The molecule has 50 heavy (non-hydrogen) atoms. The molecule has 0 heterocycles. The van der Waals surface area contributed by atoms with E-state index in [9.17, 15) is 23.9 Å². The van der Waals surface area contributed by atoms with E-state index in [1.54, 1.807) is 0 Å². The summed E-state index contributed by atoms with van der Waals surface area (Å²) in [7, 11) is -5.25. The fraction of sp³-hybridized carbons (Fsp3) is 0.846. The van der Waals surface area contributed by atoms with Crippen molar-refractivity contribution in [3.05, 3.63) is 24.3 Å². The summed E-state index contributed by atoms with van der Waals surface area (Å²) in [5, 5.41) is 0. The van der Waals surface area contributed by atoms with Gasteiger partial charge in [-0.15, -0.1) is 0 Å². The van der Waals surface area contributed by atoms with Gasteiger partial charge in [0.1, 0.15) is 6.61 Å². The van der Waals surface area contributed by atoms with Gasteiger partial charge in [0, 0.05) is 12.8 Å². The topological polar surface area (TPSA) is 125 Å². The van der Waals surface area contributed by atoms with Crippen LogP contribution in [0.1, 0.15) is 194 Å². The van der Waals surface area contributed by atoms with Crippen LogP contribution >= 0.6 is 7.82 Å². The third-order valence-electron chi connectivity index (χ3n) is 8.46. The SMILES string of the molecule is CCCCC/C=C\C/C=C\CCCCCCCC(=O)O[C@H](COC(=O)CCCCCCCCCCCCCCCCC)COP(=O)([O-])[O-].[Na+].[Na+]. The van der Waals surface area contributed by atoms with Crippen molar-refractivity contribution in [1.29, 1.82) is 0 Å². The fourth-order valence-corrected chi connectivity index (χ4v) is 5.86. The third-order valence-corrected chi connectivity index (χ3v) is 8.93. The van der Waals surface area contributed by atoms with Gasteiger partial charge in [-0.2, -0.15) is 0 Å². The Morgan fingerprint density at radius 2 is 0.920 bits per heavy atom. The van der Waals surface area contributed by atoms with E-state index < -0.39 is 32.5 Å². The molecule has 0 N–H and O–H groups in total. The van der Waals surface area contributed by atoms with E-state index in [0.29, 0.717) is 12.8 Å². The summed E-state index contributed by atoms with van der Waals surface area (Å²) >= 11 is 0. The van der Waals surface area contributed by atoms with Crippen LogP contribution in [0.3, 0.4) is 0 Å². The summed E-state index contributed by atoms with van der Waals surface area (Å²) in [5.41, 5.74) is 0. The molecule has 0 aliphatic rings. The minimum atomic E-state index is -5.25. The molecule has 0 aromatic carbocycles. The largest absolute Gasteiger partial charge is 1.00 e. The molecular weight excluding hydrogens is 673 g/mol. The van der Waals surface area contributed by atoms with E-state index in [1.807, 2.05) is 0 Å². The molecule has 0 spiro atoms. The van der Waals surface area contributed by atoms with E-state index in [1.165, 1.54) is 103 Å². The molecule has 0 unspecified atom stereocenters. The van der Waals surface area contributed by atoms with E-state index >= 15 is 0 Å². The second-order valence-electron chi connectivity index (χ2n) is 13.2. The Hall–Kier alpha value is 0.530. The van der Waals surface area contributed by atoms with E-state index in [2.05, 4.69) is 42.7 Å². The Bertz CT molecular complexity index is 850. The summed E-state index contributed by atoms with van der Waals surface area (Å²) in [6.45, 7) is 3.46. The smallest absolute Gasteiger partial charge is 0.790 e. The molecule has 0 aliphatic carbocycles. The number of unbranched alkanes of at least 4 members (excludes halogenated alkanes) is 22. The minimum Gasteiger partial charge on any atom is -0.790 e. The van der Waals surface area contributed by atoms with Gasteiger partial charge >= 0.3 is 71.1 Å². The second kappa shape index (κ2) is 42.3. The van der Waals surface area contributed by atoms with Crippen LogP contribution < -0.4 is 68.9 Å². The van der Waals surface area contributed by atoms with Gasteiger partial charge in [-0.05, 0) is 44.9 Å². The molecule has 8 nitrogen and oxygen atoms in total. The van der Waals surface area contributed by atoms with Crippen molar-refractivity contribution in [3.8, 4) is 0 Å². The van der Waals surface area contributed by atoms with Crippen molar-refractivity contribution in [2.24, 2.45) is 0 Å². The van der Waals surface area contributed by atoms with Crippen LogP contribution in [0.2, 0.25) is 0 Å². The molecule has 0 rings (SSSR count). The third kappa shape index (κ3) is 44.7. The molecule has 0 aliphatic heterocycles. The van der Waals surface area contributed by atoms with Crippen LogP contribution in [-0.4, -0.2) is 31.3 Å². The van der Waals surface area contributed by atoms with Crippen molar-refractivity contribution in [1.82, 2.24) is 0 Å². The van der Waals surface area contributed by atoms with Crippen molar-refractivity contribution < 1.29 is 97.1 Å². The zero-order valence-corrected chi connectivity index (χ0v) is 37.7. The number of carbonyl (C=O) groups is 2. The van der Waals surface area contributed by atoms with E-state index in [4.69, 9.17) is 9.47 Å². The molecule has 11 heteroatoms. The maximum Gasteiger partial charge on any atom is 1.00 e. The van der Waals surface area contributed by atoms with E-state index in [0.717, 1.165) is 51.4 Å². The van der Waals surface area contributed by atoms with Gasteiger partial charge in [0.25, 0.3) is 0 Å². The predicted octanol–water partition coefficient (Wildman–Crippen LogP) is 4.37. The Labute approximate surface area is 351 Å². The van der Waals surface area contributed by atoms with Crippen molar-refractivity contribution >= 4 is 19.8 Å². The Morgan fingerprint density at radius 1 is 0.540 bits per heavy atom. The van der Waals surface area contributed by atoms with Crippen LogP contribution in [0, 0.1) is 0 Å². The molecule has 0 radical (unpaired) electrons. The zero-order valence-electron chi connectivity index (χ0n) is 32.8. The average molecular weight is 745 g/mol. The van der Waals surface area contributed by atoms with Gasteiger partial charge in [-0.25, -0.2) is 0 Å². The average Bonchev–Trinajstić information content (AvgIpc) is 3.05. The summed E-state index contributed by atoms with van der Waals surface area (Å²) in [6.07, 6.45) is 38.5. The number of rotatable bonds is 36. The number of phosphoric acid groups is 1. The molecule has 0 aromatic heterocycles. The molecule has 282 valence electrons. The normalized spacial score (nSPS) is 12.2. The molecule has 0 bridgehead atoms. The monoisotopic (exact) mass is 744 g/mol. The van der Waals surface area contributed by atoms with Crippen LogP contribution in [0.5, 0.6) is 0 Å². The molecule has 0 fully saturated rings. The van der Waals surface area contributed by atoms with Gasteiger partial charge in [0.15, 0.2) is 6.10 Å². The van der Waals surface area contributed by atoms with Crippen molar-refractivity contribution in [3.63, 3.8) is 0 Å². The van der Waals surface area contributed by atoms with Gasteiger partial charge in [0.05, 0.1) is 14.4 Å². The number of esters is 2. The zero-order chi connectivity index (χ0) is 35.4. The molecule has 0 amide bonds. The van der Waals surface area contributed by atoms with Crippen LogP contribution in [-0.2, 0) is 28.2 Å². The fourth-order valence-electron chi connectivity index (χ4n) is 5.51. The molecule has 1 atom stereocenters. The molecule has 0 aromatic rings. The Balaban J connectivity index is -0.0000110. The Morgan fingerprint density at radius 3 is 1.38 bits per heavy atom. The second-order valence-corrected chi connectivity index (χ2v) is 14.4. The standard InChI is InChI=1S/C39H73O8P.2Na/c1-3-5-7-9-11-13-15-17-19-21-23-25-27-29-31-33-38(40)45-35-37(36-46-48(42,43)44)47-39(41)34-32-30-28-26-24-22-20-18-16-14-12-10-8-6-4-2;;/h12,14,18,20,37H,3-11,13,15-17,19,21-36H2,1-2H3,(H2,42,43,44);;/q;2*+1/p-2/b14-12-,20-18-;;/t37-;;/m1../s1. The number of hydrogen-bond donors (Lipinski definition) is 0. The number of hydrogen-bond acceptors (Lipinski definition) is 8. The van der Waals surface area contributed by atoms with Crippen molar-refractivity contribution in [2.75, 3.05) is 13.2 Å². The molecule has 0 saturated carbocycles. The summed E-state index contributed by atoms with van der Waals surface area (Å²) in [5.74, 6) is -0.966. The van der Waals surface area contributed by atoms with Gasteiger partial charge in [0.2, 0.25) is 0 Å². The van der Waals surface area contributed by atoms with Crippen LogP contribution in [0.15, 0.2) is 24.3 Å². The quantitative estimate of drug-likeness (QED) is 0.0305. The van der Waals surface area contributed by atoms with Crippen molar-refractivity contribution in [2.45, 2.75) is 200 Å². The minimum absolute atomic E-state index is 0. The van der Waals surface area contributed by atoms with Gasteiger partial charge < -0.3 is 28.3 Å². The first kappa shape index (κ1) is 54.9. The van der Waals surface area contributed by atoms with Gasteiger partial charge in [-0.1, -0.05) is 160 Å². The number of phosphoric ester groups is 1. The number of ether oxygens (including phenoxy) is 2. The molecule has 0 saturated heterocycles. The van der Waals surface area contributed by atoms with Crippen LogP contribution in [0.4, 0.5) is 0 Å². The van der Waals surface area contributed by atoms with E-state index in [-0.39, 0.29) is 78.6 Å². The maximum absolute atomic E-state index is 12.3. The predicted molar refractivity (Wildman–Crippen MR) is 193 cm³/mol. The number of allylic oxidation sites excluding steroid dienone is 4.